The standard InChI is InChI=1S/C26H24ClN3O4S3/c1-16(31)30-13-12-19-22(15-30)36-26(24(19)25-28-20-5-2-3-6-21(20)35-25)29-23(32)7-4-14-37(33,34)18-10-8-17(27)9-11-18/h2-3,5-6,8-11H,4,7,12-15H2,1H3,(H,29,32). The van der Waals surface area contributed by atoms with Crippen LogP contribution in [0.15, 0.2) is 53.4 Å². The first-order chi connectivity index (χ1) is 17.7. The lowest BCUT2D eigenvalue weighted by Crippen LogP contribution is -2.33. The minimum atomic E-state index is -3.51. The van der Waals surface area contributed by atoms with E-state index in [1.165, 1.54) is 35.6 Å². The van der Waals surface area contributed by atoms with Crippen molar-refractivity contribution in [1.29, 1.82) is 0 Å². The van der Waals surface area contributed by atoms with Gasteiger partial charge in [-0.3, -0.25) is 9.59 Å². The highest BCUT2D eigenvalue weighted by Gasteiger charge is 2.28. The molecule has 5 rings (SSSR count). The summed E-state index contributed by atoms with van der Waals surface area (Å²) < 4.78 is 26.3. The van der Waals surface area contributed by atoms with E-state index in [0.717, 1.165) is 31.2 Å². The predicted octanol–water partition coefficient (Wildman–Crippen LogP) is 5.78. The van der Waals surface area contributed by atoms with Crippen molar-refractivity contribution in [2.24, 2.45) is 0 Å². The summed E-state index contributed by atoms with van der Waals surface area (Å²) in [5, 5.41) is 5.01. The molecular formula is C26H24ClN3O4S3. The molecule has 2 amide bonds. The number of anilines is 1. The fraction of sp³-hybridized carbons (Fsp3) is 0.269. The van der Waals surface area contributed by atoms with Crippen LogP contribution in [0.4, 0.5) is 5.00 Å². The molecule has 37 heavy (non-hydrogen) atoms. The van der Waals surface area contributed by atoms with Crippen LogP contribution in [0.2, 0.25) is 5.02 Å². The summed E-state index contributed by atoms with van der Waals surface area (Å²) in [7, 11) is -3.51. The molecule has 4 aromatic rings. The van der Waals surface area contributed by atoms with E-state index >= 15 is 0 Å². The maximum absolute atomic E-state index is 12.9. The maximum Gasteiger partial charge on any atom is 0.225 e. The Labute approximate surface area is 228 Å². The summed E-state index contributed by atoms with van der Waals surface area (Å²) in [5.74, 6) is -0.370. The van der Waals surface area contributed by atoms with E-state index in [4.69, 9.17) is 16.6 Å². The molecule has 0 spiro atoms. The number of nitrogens with one attached hydrogen (secondary N) is 1. The van der Waals surface area contributed by atoms with E-state index in [-0.39, 0.29) is 35.3 Å². The van der Waals surface area contributed by atoms with E-state index in [9.17, 15) is 18.0 Å². The van der Waals surface area contributed by atoms with E-state index in [0.29, 0.717) is 29.5 Å². The lowest BCUT2D eigenvalue weighted by molar-refractivity contribution is -0.129. The molecule has 2 aromatic carbocycles. The lowest BCUT2D eigenvalue weighted by Gasteiger charge is -2.26. The number of fused-ring (bicyclic) bond motifs is 2. The van der Waals surface area contributed by atoms with Gasteiger partial charge in [0, 0.05) is 35.4 Å². The van der Waals surface area contributed by atoms with Crippen LogP contribution in [-0.4, -0.2) is 42.4 Å². The Morgan fingerprint density at radius 3 is 2.59 bits per heavy atom. The quantitative estimate of drug-likeness (QED) is 0.302. The number of rotatable bonds is 7. The van der Waals surface area contributed by atoms with Gasteiger partial charge in [-0.25, -0.2) is 13.4 Å². The van der Waals surface area contributed by atoms with Crippen molar-refractivity contribution in [3.05, 3.63) is 64.0 Å². The molecule has 0 fully saturated rings. The molecule has 0 saturated carbocycles. The van der Waals surface area contributed by atoms with E-state index in [2.05, 4.69) is 5.32 Å². The summed E-state index contributed by atoms with van der Waals surface area (Å²) in [6, 6.07) is 13.9. The zero-order valence-corrected chi connectivity index (χ0v) is 23.2. The summed E-state index contributed by atoms with van der Waals surface area (Å²) in [6.45, 7) is 2.68. The average Bonchev–Trinajstić information content (AvgIpc) is 3.44. The highest BCUT2D eigenvalue weighted by Crippen LogP contribution is 2.45. The largest absolute Gasteiger partial charge is 0.337 e. The SMILES string of the molecule is CC(=O)N1CCc2c(sc(NC(=O)CCCS(=O)(=O)c3ccc(Cl)cc3)c2-c2nc3ccccc3s2)C1. The second-order valence-electron chi connectivity index (χ2n) is 8.81. The molecule has 192 valence electrons. The minimum Gasteiger partial charge on any atom is -0.337 e. The van der Waals surface area contributed by atoms with Crippen LogP contribution in [0, 0.1) is 0 Å². The molecular weight excluding hydrogens is 550 g/mol. The number of thiazole rings is 1. The Morgan fingerprint density at radius 2 is 1.86 bits per heavy atom. The van der Waals surface area contributed by atoms with Crippen LogP contribution in [0.25, 0.3) is 20.8 Å². The maximum atomic E-state index is 12.9. The van der Waals surface area contributed by atoms with Gasteiger partial charge in [0.05, 0.1) is 27.4 Å². The van der Waals surface area contributed by atoms with Gasteiger partial charge >= 0.3 is 0 Å². The second kappa shape index (κ2) is 10.5. The van der Waals surface area contributed by atoms with Crippen molar-refractivity contribution in [3.63, 3.8) is 0 Å². The van der Waals surface area contributed by atoms with Crippen molar-refractivity contribution in [2.45, 2.75) is 37.6 Å². The van der Waals surface area contributed by atoms with Crippen LogP contribution >= 0.6 is 34.3 Å². The van der Waals surface area contributed by atoms with Crippen LogP contribution in [0.1, 0.15) is 30.2 Å². The third-order valence-corrected chi connectivity index (χ3v) is 10.5. The molecule has 2 aromatic heterocycles. The van der Waals surface area contributed by atoms with Crippen molar-refractivity contribution in [1.82, 2.24) is 9.88 Å². The molecule has 0 atom stereocenters. The summed E-state index contributed by atoms with van der Waals surface area (Å²) in [6.07, 6.45) is 0.941. The third-order valence-electron chi connectivity index (χ3n) is 6.25. The first kappa shape index (κ1) is 25.8. The van der Waals surface area contributed by atoms with Gasteiger partial charge in [0.25, 0.3) is 0 Å². The third kappa shape index (κ3) is 5.57. The van der Waals surface area contributed by atoms with Gasteiger partial charge < -0.3 is 10.2 Å². The smallest absolute Gasteiger partial charge is 0.225 e. The monoisotopic (exact) mass is 573 g/mol. The van der Waals surface area contributed by atoms with Gasteiger partial charge in [-0.1, -0.05) is 23.7 Å². The number of carbonyl (C=O) groups excluding carboxylic acids is 2. The van der Waals surface area contributed by atoms with Gasteiger partial charge in [0.1, 0.15) is 10.0 Å². The molecule has 0 aliphatic carbocycles. The number of hydrogen-bond acceptors (Lipinski definition) is 7. The molecule has 1 aliphatic heterocycles. The molecule has 7 nitrogen and oxygen atoms in total. The Bertz CT molecular complexity index is 1560. The number of sulfone groups is 1. The van der Waals surface area contributed by atoms with Crippen molar-refractivity contribution >= 4 is 71.1 Å². The van der Waals surface area contributed by atoms with Crippen LogP contribution < -0.4 is 5.32 Å². The molecule has 11 heteroatoms. The summed E-state index contributed by atoms with van der Waals surface area (Å²) in [4.78, 5) is 32.8. The fourth-order valence-corrected chi connectivity index (χ4v) is 8.16. The molecule has 1 aliphatic rings. The summed E-state index contributed by atoms with van der Waals surface area (Å²) in [5.41, 5.74) is 2.92. The van der Waals surface area contributed by atoms with E-state index in [1.807, 2.05) is 24.3 Å². The number of amides is 2. The number of para-hydroxylation sites is 1. The number of benzene rings is 2. The van der Waals surface area contributed by atoms with Crippen molar-refractivity contribution in [3.8, 4) is 10.6 Å². The molecule has 0 saturated heterocycles. The fourth-order valence-electron chi connectivity index (χ4n) is 4.34. The van der Waals surface area contributed by atoms with Crippen LogP contribution in [-0.2, 0) is 32.4 Å². The van der Waals surface area contributed by atoms with Gasteiger partial charge in [-0.05, 0) is 54.8 Å². The zero-order chi connectivity index (χ0) is 26.2. The van der Waals surface area contributed by atoms with Crippen molar-refractivity contribution in [2.75, 3.05) is 17.6 Å². The number of halogens is 1. The number of nitrogens with zero attached hydrogens (tertiary/aromatic N) is 2. The number of thiophene rings is 1. The Hall–Kier alpha value is -2.79. The molecule has 1 N–H and O–H groups in total. The molecule has 3 heterocycles. The first-order valence-electron chi connectivity index (χ1n) is 11.8. The minimum absolute atomic E-state index is 0.0214. The predicted molar refractivity (Wildman–Crippen MR) is 149 cm³/mol. The van der Waals surface area contributed by atoms with Gasteiger partial charge in [0.15, 0.2) is 9.84 Å². The normalized spacial score (nSPS) is 13.5. The molecule has 0 unspecified atom stereocenters. The van der Waals surface area contributed by atoms with Gasteiger partial charge in [-0.15, -0.1) is 22.7 Å². The van der Waals surface area contributed by atoms with E-state index < -0.39 is 9.84 Å². The zero-order valence-electron chi connectivity index (χ0n) is 20.0. The van der Waals surface area contributed by atoms with Gasteiger partial charge in [0.2, 0.25) is 11.8 Å². The molecule has 0 bridgehead atoms. The van der Waals surface area contributed by atoms with E-state index in [1.54, 1.807) is 23.2 Å². The average molecular weight is 574 g/mol. The number of hydrogen-bond donors (Lipinski definition) is 1. The van der Waals surface area contributed by atoms with Gasteiger partial charge in [-0.2, -0.15) is 0 Å². The van der Waals surface area contributed by atoms with Crippen molar-refractivity contribution < 1.29 is 18.0 Å². The Kier molecular flexibility index (Phi) is 7.35. The Balaban J connectivity index is 1.36. The summed E-state index contributed by atoms with van der Waals surface area (Å²) >= 11 is 8.89. The van der Waals surface area contributed by atoms with Crippen LogP contribution in [0.5, 0.6) is 0 Å². The topological polar surface area (TPSA) is 96.4 Å². The van der Waals surface area contributed by atoms with Crippen LogP contribution in [0.3, 0.4) is 0 Å². The second-order valence-corrected chi connectivity index (χ2v) is 13.5. The number of aromatic nitrogens is 1. The highest BCUT2D eigenvalue weighted by molar-refractivity contribution is 7.91. The first-order valence-corrected chi connectivity index (χ1v) is 15.4. The number of carbonyl (C=O) groups is 2. The lowest BCUT2D eigenvalue weighted by atomic mass is 10.0. The highest BCUT2D eigenvalue weighted by atomic mass is 35.5. The molecule has 0 radical (unpaired) electrons. The Morgan fingerprint density at radius 1 is 1.11 bits per heavy atom.